The van der Waals surface area contributed by atoms with Crippen LogP contribution in [0, 0.1) is 5.82 Å². The van der Waals surface area contributed by atoms with Crippen LogP contribution in [0.1, 0.15) is 12.8 Å². The van der Waals surface area contributed by atoms with Crippen molar-refractivity contribution < 1.29 is 14.3 Å². The molecule has 140 valence electrons. The highest BCUT2D eigenvalue weighted by Crippen LogP contribution is 2.20. The Morgan fingerprint density at radius 2 is 2.22 bits per heavy atom. The lowest BCUT2D eigenvalue weighted by atomic mass is 10.1. The van der Waals surface area contributed by atoms with Crippen molar-refractivity contribution in [1.82, 2.24) is 24.3 Å². The summed E-state index contributed by atoms with van der Waals surface area (Å²) in [6, 6.07) is 4.74. The molecule has 8 nitrogen and oxygen atoms in total. The van der Waals surface area contributed by atoms with Crippen molar-refractivity contribution in [3.63, 3.8) is 0 Å². The lowest BCUT2D eigenvalue weighted by Gasteiger charge is -2.33. The van der Waals surface area contributed by atoms with Gasteiger partial charge in [0.15, 0.2) is 5.82 Å². The Bertz CT molecular complexity index is 975. The molecule has 27 heavy (non-hydrogen) atoms. The Labute approximate surface area is 154 Å². The number of aliphatic hydroxyl groups excluding tert-OH is 1. The first-order valence-electron chi connectivity index (χ1n) is 8.75. The molecule has 1 aliphatic heterocycles. The molecule has 0 radical (unpaired) electrons. The third-order valence-electron chi connectivity index (χ3n) is 4.62. The maximum absolute atomic E-state index is 13.6. The Hall–Kier alpha value is -3.07. The minimum atomic E-state index is -0.477. The average Bonchev–Trinajstić information content (AvgIpc) is 3.11. The summed E-state index contributed by atoms with van der Waals surface area (Å²) in [6.45, 7) is 0.689. The van der Waals surface area contributed by atoms with Gasteiger partial charge in [-0.1, -0.05) is 0 Å². The Morgan fingerprint density at radius 3 is 3.07 bits per heavy atom. The van der Waals surface area contributed by atoms with E-state index in [4.69, 9.17) is 5.11 Å². The van der Waals surface area contributed by atoms with Crippen molar-refractivity contribution in [2.24, 2.45) is 0 Å². The smallest absolute Gasteiger partial charge is 0.248 e. The van der Waals surface area contributed by atoms with E-state index < -0.39 is 6.61 Å². The van der Waals surface area contributed by atoms with E-state index >= 15 is 0 Å². The number of piperidine rings is 1. The van der Waals surface area contributed by atoms with Crippen molar-refractivity contribution in [2.75, 3.05) is 25.0 Å². The molecule has 0 saturated carbocycles. The van der Waals surface area contributed by atoms with Crippen LogP contribution in [0.3, 0.4) is 0 Å². The van der Waals surface area contributed by atoms with E-state index in [1.54, 1.807) is 33.8 Å². The number of rotatable bonds is 4. The highest BCUT2D eigenvalue weighted by Gasteiger charge is 2.23. The molecule has 2 N–H and O–H groups in total. The second-order valence-corrected chi connectivity index (χ2v) is 6.47. The zero-order chi connectivity index (χ0) is 18.8. The summed E-state index contributed by atoms with van der Waals surface area (Å²) in [4.78, 5) is 26.4. The van der Waals surface area contributed by atoms with Crippen LogP contribution in [0.15, 0.2) is 36.8 Å². The minimum absolute atomic E-state index is 0.0385. The number of likely N-dealkylation sites (tertiary alicyclic amines) is 1. The molecular formula is C18H19FN6O2. The summed E-state index contributed by atoms with van der Waals surface area (Å²) in [5.41, 5.74) is 1.20. The first-order chi connectivity index (χ1) is 13.1. The van der Waals surface area contributed by atoms with Crippen molar-refractivity contribution >= 4 is 17.4 Å². The molecule has 3 aromatic rings. The van der Waals surface area contributed by atoms with Gasteiger partial charge in [0.25, 0.3) is 0 Å². The molecule has 4 rings (SSSR count). The second kappa shape index (κ2) is 7.28. The summed E-state index contributed by atoms with van der Waals surface area (Å²) in [7, 11) is 0. The fraction of sp³-hybridized carbons (Fsp3) is 0.333. The first kappa shape index (κ1) is 17.3. The van der Waals surface area contributed by atoms with Crippen LogP contribution in [0.4, 0.5) is 10.2 Å². The van der Waals surface area contributed by atoms with Gasteiger partial charge in [-0.3, -0.25) is 9.20 Å². The Kier molecular flexibility index (Phi) is 4.68. The molecule has 1 amide bonds. The van der Waals surface area contributed by atoms with E-state index in [2.05, 4.69) is 20.3 Å². The Balaban J connectivity index is 1.56. The zero-order valence-corrected chi connectivity index (χ0v) is 14.5. The van der Waals surface area contributed by atoms with Crippen LogP contribution >= 0.6 is 0 Å². The number of carbonyl (C=O) groups is 1. The zero-order valence-electron chi connectivity index (χ0n) is 14.5. The maximum atomic E-state index is 13.6. The number of imidazole rings is 1. The van der Waals surface area contributed by atoms with E-state index in [9.17, 15) is 9.18 Å². The number of aromatic nitrogens is 4. The lowest BCUT2D eigenvalue weighted by Crippen LogP contribution is -2.46. The van der Waals surface area contributed by atoms with Gasteiger partial charge >= 0.3 is 0 Å². The standard InChI is InChI=1S/C18H19FN6O2/c19-12-3-4-16-21-8-14(25(16)9-12)18-20-6-5-15(23-18)22-13-2-1-7-24(10-13)17(27)11-26/h3-6,8-9,13,26H,1-2,7,10-11H2,(H,20,22,23). The van der Waals surface area contributed by atoms with Crippen molar-refractivity contribution in [2.45, 2.75) is 18.9 Å². The summed E-state index contributed by atoms with van der Waals surface area (Å²) in [6.07, 6.45) is 6.34. The van der Waals surface area contributed by atoms with Gasteiger partial charge in [0.1, 0.15) is 29.6 Å². The number of hydrogen-bond acceptors (Lipinski definition) is 6. The van der Waals surface area contributed by atoms with Crippen LogP contribution in [-0.2, 0) is 4.79 Å². The van der Waals surface area contributed by atoms with Crippen molar-refractivity contribution in [3.05, 3.63) is 42.6 Å². The van der Waals surface area contributed by atoms with Gasteiger partial charge in [0, 0.05) is 31.5 Å². The first-order valence-corrected chi connectivity index (χ1v) is 8.75. The van der Waals surface area contributed by atoms with Crippen molar-refractivity contribution in [1.29, 1.82) is 0 Å². The molecule has 0 aromatic carbocycles. The van der Waals surface area contributed by atoms with Crippen LogP contribution in [-0.4, -0.2) is 61.0 Å². The van der Waals surface area contributed by atoms with E-state index in [0.717, 1.165) is 12.8 Å². The third kappa shape index (κ3) is 3.59. The molecule has 1 unspecified atom stereocenters. The van der Waals surface area contributed by atoms with E-state index in [0.29, 0.717) is 36.1 Å². The number of carbonyl (C=O) groups excluding carboxylic acids is 1. The predicted molar refractivity (Wildman–Crippen MR) is 96.5 cm³/mol. The van der Waals surface area contributed by atoms with Gasteiger partial charge in [0.05, 0.1) is 6.20 Å². The number of fused-ring (bicyclic) bond motifs is 1. The summed E-state index contributed by atoms with van der Waals surface area (Å²) >= 11 is 0. The molecule has 3 aromatic heterocycles. The topological polar surface area (TPSA) is 95.7 Å². The molecule has 1 saturated heterocycles. The van der Waals surface area contributed by atoms with Gasteiger partial charge in [-0.05, 0) is 31.0 Å². The lowest BCUT2D eigenvalue weighted by molar-refractivity contribution is -0.135. The summed E-state index contributed by atoms with van der Waals surface area (Å²) in [5.74, 6) is 0.413. The molecule has 1 aliphatic rings. The van der Waals surface area contributed by atoms with Crippen molar-refractivity contribution in [3.8, 4) is 11.5 Å². The number of amides is 1. The largest absolute Gasteiger partial charge is 0.387 e. The second-order valence-electron chi connectivity index (χ2n) is 6.47. The van der Waals surface area contributed by atoms with Crippen LogP contribution in [0.5, 0.6) is 0 Å². The van der Waals surface area contributed by atoms with Crippen LogP contribution in [0.25, 0.3) is 17.2 Å². The fourth-order valence-electron chi connectivity index (χ4n) is 3.31. The van der Waals surface area contributed by atoms with E-state index in [-0.39, 0.29) is 17.8 Å². The van der Waals surface area contributed by atoms with Gasteiger partial charge in [-0.25, -0.2) is 19.3 Å². The molecule has 0 bridgehead atoms. The molecular weight excluding hydrogens is 351 g/mol. The van der Waals surface area contributed by atoms with Gasteiger partial charge in [0.2, 0.25) is 5.91 Å². The normalized spacial score (nSPS) is 17.3. The number of nitrogens with one attached hydrogen (secondary N) is 1. The highest BCUT2D eigenvalue weighted by atomic mass is 19.1. The van der Waals surface area contributed by atoms with E-state index in [1.807, 2.05) is 0 Å². The van der Waals surface area contributed by atoms with Crippen LogP contribution in [0.2, 0.25) is 0 Å². The number of pyridine rings is 1. The highest BCUT2D eigenvalue weighted by molar-refractivity contribution is 5.77. The number of anilines is 1. The number of hydrogen-bond donors (Lipinski definition) is 2. The molecule has 1 atom stereocenters. The average molecular weight is 370 g/mol. The van der Waals surface area contributed by atoms with Gasteiger partial charge in [-0.15, -0.1) is 0 Å². The number of nitrogens with zero attached hydrogens (tertiary/aromatic N) is 5. The fourth-order valence-corrected chi connectivity index (χ4v) is 3.31. The molecule has 0 aliphatic carbocycles. The third-order valence-corrected chi connectivity index (χ3v) is 4.62. The van der Waals surface area contributed by atoms with Crippen LogP contribution < -0.4 is 5.32 Å². The van der Waals surface area contributed by atoms with E-state index in [1.165, 1.54) is 12.3 Å². The predicted octanol–water partition coefficient (Wildman–Crippen LogP) is 1.33. The quantitative estimate of drug-likeness (QED) is 0.719. The maximum Gasteiger partial charge on any atom is 0.248 e. The van der Waals surface area contributed by atoms with Gasteiger partial charge in [-0.2, -0.15) is 0 Å². The number of halogens is 1. The molecule has 1 fully saturated rings. The monoisotopic (exact) mass is 370 g/mol. The SMILES string of the molecule is O=C(CO)N1CCCC(Nc2ccnc(-c3cnc4ccc(F)cn34)n2)C1. The molecule has 0 spiro atoms. The molecule has 9 heteroatoms. The number of aliphatic hydroxyl groups is 1. The summed E-state index contributed by atoms with van der Waals surface area (Å²) in [5, 5.41) is 12.4. The Morgan fingerprint density at radius 1 is 1.33 bits per heavy atom. The minimum Gasteiger partial charge on any atom is -0.387 e. The molecule has 4 heterocycles. The van der Waals surface area contributed by atoms with Gasteiger partial charge < -0.3 is 15.3 Å². The summed E-state index contributed by atoms with van der Waals surface area (Å²) < 4.78 is 15.2.